The Morgan fingerprint density at radius 1 is 1.69 bits per heavy atom. The van der Waals surface area contributed by atoms with E-state index in [1.54, 1.807) is 18.4 Å². The molecule has 0 aromatic carbocycles. The lowest BCUT2D eigenvalue weighted by atomic mass is 10.2. The zero-order chi connectivity index (χ0) is 9.68. The van der Waals surface area contributed by atoms with Crippen LogP contribution in [0.1, 0.15) is 17.1 Å². The lowest BCUT2D eigenvalue weighted by molar-refractivity contribution is 0.195. The van der Waals surface area contributed by atoms with Crippen LogP contribution in [0.4, 0.5) is 0 Å². The number of halogens is 1. The maximum Gasteiger partial charge on any atom is 0.0897 e. The van der Waals surface area contributed by atoms with Crippen molar-refractivity contribution >= 4 is 22.9 Å². The van der Waals surface area contributed by atoms with Crippen molar-refractivity contribution in [1.29, 1.82) is 0 Å². The molecule has 1 aromatic rings. The second-order valence-corrected chi connectivity index (χ2v) is 4.63. The summed E-state index contributed by atoms with van der Waals surface area (Å²) in [4.78, 5) is 4.36. The molecular weight excluding hydrogens is 206 g/mol. The third-order valence-electron chi connectivity index (χ3n) is 1.73. The summed E-state index contributed by atoms with van der Waals surface area (Å²) >= 11 is 7.67. The molecule has 0 aliphatic rings. The zero-order valence-corrected chi connectivity index (χ0v) is 9.49. The van der Waals surface area contributed by atoms with Gasteiger partial charge < -0.3 is 4.74 Å². The Labute approximate surface area is 87.9 Å². The van der Waals surface area contributed by atoms with Gasteiger partial charge >= 0.3 is 0 Å². The van der Waals surface area contributed by atoms with Crippen molar-refractivity contribution in [1.82, 2.24) is 4.98 Å². The summed E-state index contributed by atoms with van der Waals surface area (Å²) in [7, 11) is 1.67. The number of alkyl halides is 1. The maximum atomic E-state index is 5.99. The number of hydrogen-bond acceptors (Lipinski definition) is 3. The molecule has 1 unspecified atom stereocenters. The van der Waals surface area contributed by atoms with Gasteiger partial charge in [-0.25, -0.2) is 4.98 Å². The largest absolute Gasteiger partial charge is 0.383 e. The van der Waals surface area contributed by atoms with Crippen LogP contribution in [0.3, 0.4) is 0 Å². The second kappa shape index (κ2) is 5.58. The first-order valence-electron chi connectivity index (χ1n) is 4.26. The van der Waals surface area contributed by atoms with Crippen molar-refractivity contribution in [2.24, 2.45) is 0 Å². The van der Waals surface area contributed by atoms with Gasteiger partial charge in [-0.1, -0.05) is 0 Å². The van der Waals surface area contributed by atoms with E-state index in [9.17, 15) is 0 Å². The predicted octanol–water partition coefficient (Wildman–Crippen LogP) is 2.64. The van der Waals surface area contributed by atoms with E-state index in [0.29, 0.717) is 6.61 Å². The standard InChI is InChI=1S/C9H14ClNOS/c1-7-11-9(6-13-7)4-3-8(10)5-12-2/h6,8H,3-5H2,1-2H3. The minimum absolute atomic E-state index is 0.104. The molecule has 74 valence electrons. The van der Waals surface area contributed by atoms with Gasteiger partial charge in [-0.15, -0.1) is 22.9 Å². The van der Waals surface area contributed by atoms with E-state index in [1.807, 2.05) is 6.92 Å². The topological polar surface area (TPSA) is 22.1 Å². The molecule has 0 aliphatic carbocycles. The summed E-state index contributed by atoms with van der Waals surface area (Å²) in [5.74, 6) is 0. The molecule has 0 amide bonds. The Morgan fingerprint density at radius 3 is 3.00 bits per heavy atom. The van der Waals surface area contributed by atoms with E-state index < -0.39 is 0 Å². The van der Waals surface area contributed by atoms with Crippen LogP contribution in [-0.2, 0) is 11.2 Å². The second-order valence-electron chi connectivity index (χ2n) is 2.95. The fourth-order valence-corrected chi connectivity index (χ4v) is 1.97. The molecule has 0 bridgehead atoms. The fraction of sp³-hybridized carbons (Fsp3) is 0.667. The normalized spacial score (nSPS) is 13.2. The van der Waals surface area contributed by atoms with Gasteiger partial charge in [0.2, 0.25) is 0 Å². The van der Waals surface area contributed by atoms with E-state index in [1.165, 1.54) is 0 Å². The van der Waals surface area contributed by atoms with Crippen LogP contribution in [0.15, 0.2) is 5.38 Å². The Kier molecular flexibility index (Phi) is 4.70. The molecule has 4 heteroatoms. The summed E-state index contributed by atoms with van der Waals surface area (Å²) < 4.78 is 4.95. The monoisotopic (exact) mass is 219 g/mol. The number of aromatic nitrogens is 1. The van der Waals surface area contributed by atoms with Crippen LogP contribution in [0.25, 0.3) is 0 Å². The summed E-state index contributed by atoms with van der Waals surface area (Å²) in [5.41, 5.74) is 1.14. The van der Waals surface area contributed by atoms with Crippen LogP contribution in [-0.4, -0.2) is 24.1 Å². The van der Waals surface area contributed by atoms with Crippen molar-refractivity contribution in [2.45, 2.75) is 25.1 Å². The number of rotatable bonds is 5. The number of hydrogen-bond donors (Lipinski definition) is 0. The Morgan fingerprint density at radius 2 is 2.46 bits per heavy atom. The van der Waals surface area contributed by atoms with Gasteiger partial charge in [-0.3, -0.25) is 0 Å². The molecule has 0 spiro atoms. The average Bonchev–Trinajstić information content (AvgIpc) is 2.49. The average molecular weight is 220 g/mol. The first-order valence-corrected chi connectivity index (χ1v) is 5.58. The third kappa shape index (κ3) is 4.07. The SMILES string of the molecule is COCC(Cl)CCc1csc(C)n1. The first kappa shape index (κ1) is 11.0. The van der Waals surface area contributed by atoms with Crippen molar-refractivity contribution in [3.63, 3.8) is 0 Å². The highest BCUT2D eigenvalue weighted by atomic mass is 35.5. The van der Waals surface area contributed by atoms with Crippen LogP contribution >= 0.6 is 22.9 Å². The molecule has 0 saturated carbocycles. The zero-order valence-electron chi connectivity index (χ0n) is 7.92. The number of nitrogens with zero attached hydrogens (tertiary/aromatic N) is 1. The van der Waals surface area contributed by atoms with Crippen molar-refractivity contribution in [3.05, 3.63) is 16.1 Å². The molecule has 2 nitrogen and oxygen atoms in total. The molecule has 1 aromatic heterocycles. The van der Waals surface area contributed by atoms with Crippen molar-refractivity contribution in [2.75, 3.05) is 13.7 Å². The maximum absolute atomic E-state index is 5.99. The minimum Gasteiger partial charge on any atom is -0.383 e. The van der Waals surface area contributed by atoms with Gasteiger partial charge in [0.1, 0.15) is 0 Å². The minimum atomic E-state index is 0.104. The highest BCUT2D eigenvalue weighted by Gasteiger charge is 2.05. The molecule has 0 radical (unpaired) electrons. The smallest absolute Gasteiger partial charge is 0.0897 e. The van der Waals surface area contributed by atoms with Crippen molar-refractivity contribution in [3.8, 4) is 0 Å². The van der Waals surface area contributed by atoms with Crippen molar-refractivity contribution < 1.29 is 4.74 Å². The van der Waals surface area contributed by atoms with Gasteiger partial charge in [0, 0.05) is 12.5 Å². The molecule has 1 heterocycles. The molecule has 0 aliphatic heterocycles. The molecule has 0 saturated heterocycles. The quantitative estimate of drug-likeness (QED) is 0.711. The van der Waals surface area contributed by atoms with Crippen LogP contribution in [0, 0.1) is 6.92 Å². The lowest BCUT2D eigenvalue weighted by Crippen LogP contribution is -2.08. The third-order valence-corrected chi connectivity index (χ3v) is 2.89. The van der Waals surface area contributed by atoms with E-state index >= 15 is 0 Å². The van der Waals surface area contributed by atoms with Gasteiger partial charge in [0.15, 0.2) is 0 Å². The summed E-state index contributed by atoms with van der Waals surface area (Å²) in [6.07, 6.45) is 1.88. The highest BCUT2D eigenvalue weighted by molar-refractivity contribution is 7.09. The molecule has 1 atom stereocenters. The molecule has 0 fully saturated rings. The number of aryl methyl sites for hydroxylation is 2. The van der Waals surface area contributed by atoms with Gasteiger partial charge in [-0.2, -0.15) is 0 Å². The summed E-state index contributed by atoms with van der Waals surface area (Å²) in [5, 5.41) is 3.31. The van der Waals surface area contributed by atoms with Gasteiger partial charge in [0.05, 0.1) is 22.7 Å². The number of ether oxygens (including phenoxy) is 1. The van der Waals surface area contributed by atoms with E-state index in [-0.39, 0.29) is 5.38 Å². The highest BCUT2D eigenvalue weighted by Crippen LogP contribution is 2.12. The Hall–Kier alpha value is -0.120. The van der Waals surface area contributed by atoms with Crippen LogP contribution in [0.5, 0.6) is 0 Å². The lowest BCUT2D eigenvalue weighted by Gasteiger charge is -2.05. The summed E-state index contributed by atoms with van der Waals surface area (Å²) in [6.45, 7) is 2.63. The molecule has 1 rings (SSSR count). The van der Waals surface area contributed by atoms with E-state index in [4.69, 9.17) is 16.3 Å². The van der Waals surface area contributed by atoms with Crippen LogP contribution in [0.2, 0.25) is 0 Å². The first-order chi connectivity index (χ1) is 6.22. The summed E-state index contributed by atoms with van der Waals surface area (Å²) in [6, 6.07) is 0. The molecule has 13 heavy (non-hydrogen) atoms. The van der Waals surface area contributed by atoms with Gasteiger partial charge in [-0.05, 0) is 19.8 Å². The Bertz CT molecular complexity index is 252. The van der Waals surface area contributed by atoms with E-state index in [2.05, 4.69) is 10.4 Å². The van der Waals surface area contributed by atoms with Gasteiger partial charge in [0.25, 0.3) is 0 Å². The predicted molar refractivity (Wildman–Crippen MR) is 56.7 cm³/mol. The van der Waals surface area contributed by atoms with Crippen LogP contribution < -0.4 is 0 Å². The molecular formula is C9H14ClNOS. The Balaban J connectivity index is 2.26. The van der Waals surface area contributed by atoms with E-state index in [0.717, 1.165) is 23.5 Å². The number of methoxy groups -OCH3 is 1. The number of thiazole rings is 1. The molecule has 0 N–H and O–H groups in total. The fourth-order valence-electron chi connectivity index (χ4n) is 1.09.